The van der Waals surface area contributed by atoms with E-state index in [1.807, 2.05) is 18.2 Å². The Morgan fingerprint density at radius 3 is 2.84 bits per heavy atom. The first-order valence-corrected chi connectivity index (χ1v) is 11.2. The van der Waals surface area contributed by atoms with Crippen LogP contribution in [0.1, 0.15) is 24.3 Å². The SMILES string of the molecule is O=C(NCCc1ccccc1)C1CCCN(Cc2nc(-c3ccc(Cl)cc3Cl)no2)C1. The molecule has 2 heterocycles. The molecule has 162 valence electrons. The second-order valence-electron chi connectivity index (χ2n) is 7.74. The van der Waals surface area contributed by atoms with Gasteiger partial charge in [0.2, 0.25) is 17.6 Å². The van der Waals surface area contributed by atoms with Gasteiger partial charge in [0.25, 0.3) is 0 Å². The first-order valence-electron chi connectivity index (χ1n) is 10.4. The van der Waals surface area contributed by atoms with Gasteiger partial charge in [-0.3, -0.25) is 9.69 Å². The zero-order chi connectivity index (χ0) is 21.6. The molecule has 1 amide bonds. The summed E-state index contributed by atoms with van der Waals surface area (Å²) in [5.74, 6) is 1.02. The normalized spacial score (nSPS) is 16.9. The molecule has 1 saturated heterocycles. The topological polar surface area (TPSA) is 71.3 Å². The lowest BCUT2D eigenvalue weighted by Crippen LogP contribution is -2.43. The number of carbonyl (C=O) groups is 1. The summed E-state index contributed by atoms with van der Waals surface area (Å²) in [5.41, 5.74) is 1.90. The van der Waals surface area contributed by atoms with E-state index in [1.54, 1.807) is 18.2 Å². The molecule has 2 aromatic carbocycles. The van der Waals surface area contributed by atoms with Gasteiger partial charge in [-0.1, -0.05) is 58.7 Å². The average molecular weight is 459 g/mol. The predicted octanol–water partition coefficient (Wildman–Crippen LogP) is 4.61. The summed E-state index contributed by atoms with van der Waals surface area (Å²) >= 11 is 12.2. The maximum absolute atomic E-state index is 12.6. The lowest BCUT2D eigenvalue weighted by molar-refractivity contribution is -0.126. The Morgan fingerprint density at radius 2 is 2.03 bits per heavy atom. The van der Waals surface area contributed by atoms with E-state index in [9.17, 15) is 4.79 Å². The Balaban J connectivity index is 1.30. The molecule has 31 heavy (non-hydrogen) atoms. The Kier molecular flexibility index (Phi) is 7.22. The zero-order valence-corrected chi connectivity index (χ0v) is 18.6. The van der Waals surface area contributed by atoms with Crippen LogP contribution in [0.25, 0.3) is 11.4 Å². The Morgan fingerprint density at radius 1 is 1.19 bits per heavy atom. The fourth-order valence-corrected chi connectivity index (χ4v) is 4.32. The summed E-state index contributed by atoms with van der Waals surface area (Å²) < 4.78 is 5.42. The van der Waals surface area contributed by atoms with Crippen molar-refractivity contribution in [2.45, 2.75) is 25.8 Å². The van der Waals surface area contributed by atoms with Gasteiger partial charge in [-0.25, -0.2) is 0 Å². The minimum absolute atomic E-state index is 0.0300. The molecule has 3 aromatic rings. The molecule has 0 bridgehead atoms. The van der Waals surface area contributed by atoms with Gasteiger partial charge in [0.05, 0.1) is 17.5 Å². The van der Waals surface area contributed by atoms with Crippen LogP contribution in [0.3, 0.4) is 0 Å². The molecule has 1 fully saturated rings. The van der Waals surface area contributed by atoms with Crippen molar-refractivity contribution in [3.05, 3.63) is 70.0 Å². The molecule has 1 unspecified atom stereocenters. The molecule has 0 radical (unpaired) electrons. The maximum atomic E-state index is 12.6. The number of aromatic nitrogens is 2. The highest BCUT2D eigenvalue weighted by molar-refractivity contribution is 6.36. The number of rotatable bonds is 7. The predicted molar refractivity (Wildman–Crippen MR) is 121 cm³/mol. The van der Waals surface area contributed by atoms with Crippen molar-refractivity contribution < 1.29 is 9.32 Å². The second-order valence-corrected chi connectivity index (χ2v) is 8.58. The fourth-order valence-electron chi connectivity index (χ4n) is 3.82. The number of carbonyl (C=O) groups excluding carboxylic acids is 1. The van der Waals surface area contributed by atoms with E-state index < -0.39 is 0 Å². The van der Waals surface area contributed by atoms with Crippen molar-refractivity contribution in [2.24, 2.45) is 5.92 Å². The van der Waals surface area contributed by atoms with E-state index in [0.717, 1.165) is 25.8 Å². The number of benzene rings is 2. The number of amides is 1. The van der Waals surface area contributed by atoms with Crippen LogP contribution in [0.4, 0.5) is 0 Å². The van der Waals surface area contributed by atoms with Crippen molar-refractivity contribution >= 4 is 29.1 Å². The molecule has 8 heteroatoms. The van der Waals surface area contributed by atoms with E-state index in [0.29, 0.717) is 47.0 Å². The first-order chi connectivity index (χ1) is 15.1. The zero-order valence-electron chi connectivity index (χ0n) is 17.1. The summed E-state index contributed by atoms with van der Waals surface area (Å²) in [6, 6.07) is 15.3. The van der Waals surface area contributed by atoms with E-state index in [-0.39, 0.29) is 11.8 Å². The Labute approximate surface area is 191 Å². The number of nitrogens with zero attached hydrogens (tertiary/aromatic N) is 3. The molecule has 1 aromatic heterocycles. The smallest absolute Gasteiger partial charge is 0.241 e. The molecule has 1 N–H and O–H groups in total. The minimum atomic E-state index is -0.0300. The van der Waals surface area contributed by atoms with Crippen molar-refractivity contribution in [1.29, 1.82) is 0 Å². The van der Waals surface area contributed by atoms with Gasteiger partial charge < -0.3 is 9.84 Å². The van der Waals surface area contributed by atoms with Crippen LogP contribution >= 0.6 is 23.2 Å². The third kappa shape index (κ3) is 5.85. The van der Waals surface area contributed by atoms with Crippen LogP contribution in [-0.4, -0.2) is 40.6 Å². The summed E-state index contributed by atoms with van der Waals surface area (Å²) in [6.07, 6.45) is 2.69. The molecular formula is C23H24Cl2N4O2. The lowest BCUT2D eigenvalue weighted by Gasteiger charge is -2.30. The van der Waals surface area contributed by atoms with Gasteiger partial charge in [-0.15, -0.1) is 0 Å². The quantitative estimate of drug-likeness (QED) is 0.559. The number of likely N-dealkylation sites (tertiary alicyclic amines) is 1. The molecule has 0 saturated carbocycles. The number of piperidine rings is 1. The van der Waals surface area contributed by atoms with Crippen LogP contribution in [0.15, 0.2) is 53.1 Å². The van der Waals surface area contributed by atoms with Crippen LogP contribution in [0.2, 0.25) is 10.0 Å². The van der Waals surface area contributed by atoms with Gasteiger partial charge in [0.15, 0.2) is 0 Å². The molecule has 0 spiro atoms. The van der Waals surface area contributed by atoms with Crippen LogP contribution in [0.5, 0.6) is 0 Å². The summed E-state index contributed by atoms with van der Waals surface area (Å²) in [6.45, 7) is 2.73. The first kappa shape index (κ1) is 21.8. The van der Waals surface area contributed by atoms with Crippen molar-refractivity contribution in [1.82, 2.24) is 20.4 Å². The largest absolute Gasteiger partial charge is 0.355 e. The van der Waals surface area contributed by atoms with E-state index in [4.69, 9.17) is 27.7 Å². The average Bonchev–Trinajstić information content (AvgIpc) is 3.22. The van der Waals surface area contributed by atoms with Gasteiger partial charge in [-0.05, 0) is 49.6 Å². The maximum Gasteiger partial charge on any atom is 0.241 e. The fraction of sp³-hybridized carbons (Fsp3) is 0.348. The highest BCUT2D eigenvalue weighted by Gasteiger charge is 2.26. The molecule has 6 nitrogen and oxygen atoms in total. The number of halogens is 2. The van der Waals surface area contributed by atoms with Gasteiger partial charge in [0.1, 0.15) is 0 Å². The Hall–Kier alpha value is -2.41. The van der Waals surface area contributed by atoms with Gasteiger partial charge in [0, 0.05) is 23.7 Å². The molecule has 0 aliphatic carbocycles. The molecule has 1 atom stereocenters. The summed E-state index contributed by atoms with van der Waals surface area (Å²) in [5, 5.41) is 8.16. The van der Waals surface area contributed by atoms with E-state index in [2.05, 4.69) is 32.5 Å². The monoisotopic (exact) mass is 458 g/mol. The molecular weight excluding hydrogens is 435 g/mol. The van der Waals surface area contributed by atoms with Crippen molar-refractivity contribution in [2.75, 3.05) is 19.6 Å². The highest BCUT2D eigenvalue weighted by atomic mass is 35.5. The highest BCUT2D eigenvalue weighted by Crippen LogP contribution is 2.28. The van der Waals surface area contributed by atoms with Gasteiger partial charge in [-0.2, -0.15) is 4.98 Å². The van der Waals surface area contributed by atoms with E-state index >= 15 is 0 Å². The third-order valence-corrected chi connectivity index (χ3v) is 5.98. The molecule has 4 rings (SSSR count). The minimum Gasteiger partial charge on any atom is -0.355 e. The van der Waals surface area contributed by atoms with Crippen LogP contribution < -0.4 is 5.32 Å². The lowest BCUT2D eigenvalue weighted by atomic mass is 9.97. The van der Waals surface area contributed by atoms with Crippen molar-refractivity contribution in [3.63, 3.8) is 0 Å². The van der Waals surface area contributed by atoms with Crippen LogP contribution in [0, 0.1) is 5.92 Å². The Bertz CT molecular complexity index is 1030. The number of nitrogens with one attached hydrogen (secondary N) is 1. The second kappa shape index (κ2) is 10.3. The third-order valence-electron chi connectivity index (χ3n) is 5.43. The molecule has 1 aliphatic rings. The number of hydrogen-bond acceptors (Lipinski definition) is 5. The number of hydrogen-bond donors (Lipinski definition) is 1. The summed E-state index contributed by atoms with van der Waals surface area (Å²) in [4.78, 5) is 19.3. The van der Waals surface area contributed by atoms with Crippen molar-refractivity contribution in [3.8, 4) is 11.4 Å². The standard InChI is InChI=1S/C23H24Cl2N4O2/c24-18-8-9-19(20(25)13-18)22-27-21(31-28-22)15-29-12-4-7-17(14-29)23(30)26-11-10-16-5-2-1-3-6-16/h1-3,5-6,8-9,13,17H,4,7,10-12,14-15H2,(H,26,30). The van der Waals surface area contributed by atoms with Crippen LogP contribution in [-0.2, 0) is 17.8 Å². The summed E-state index contributed by atoms with van der Waals surface area (Å²) in [7, 11) is 0. The molecule has 1 aliphatic heterocycles. The van der Waals surface area contributed by atoms with Gasteiger partial charge >= 0.3 is 0 Å². The van der Waals surface area contributed by atoms with E-state index in [1.165, 1.54) is 5.56 Å².